The number of alkyl halides is 3. The topological polar surface area (TPSA) is 103 Å². The summed E-state index contributed by atoms with van der Waals surface area (Å²) in [6.07, 6.45) is -5.14. The Hall–Kier alpha value is -2.39. The number of carboxylic acid groups (broad SMARTS) is 1. The minimum Gasteiger partial charge on any atom is -0.475 e. The molecule has 1 rings (SSSR count). The first kappa shape index (κ1) is 13.7. The Morgan fingerprint density at radius 3 is 2.50 bits per heavy atom. The molecule has 18 heavy (non-hydrogen) atoms. The summed E-state index contributed by atoms with van der Waals surface area (Å²) in [5.74, 6) is -4.06. The number of ether oxygens (including phenoxy) is 1. The maximum Gasteiger partial charge on any atom is 0.573 e. The number of aryl methyl sites for hydroxylation is 1. The lowest BCUT2D eigenvalue weighted by molar-refractivity contribution is -0.393. The van der Waals surface area contributed by atoms with Crippen LogP contribution >= 0.6 is 0 Å². The van der Waals surface area contributed by atoms with Gasteiger partial charge in [-0.3, -0.25) is 0 Å². The van der Waals surface area contributed by atoms with Crippen molar-refractivity contribution in [1.29, 1.82) is 0 Å². The molecule has 0 aromatic carbocycles. The second-order valence-electron chi connectivity index (χ2n) is 3.09. The molecule has 7 nitrogen and oxygen atoms in total. The molecule has 0 bridgehead atoms. The maximum atomic E-state index is 12.0. The average molecular weight is 266 g/mol. The van der Waals surface area contributed by atoms with Crippen molar-refractivity contribution < 1.29 is 32.7 Å². The highest BCUT2D eigenvalue weighted by atomic mass is 19.4. The van der Waals surface area contributed by atoms with E-state index < -0.39 is 34.5 Å². The van der Waals surface area contributed by atoms with Gasteiger partial charge in [-0.25, -0.2) is 4.79 Å². The van der Waals surface area contributed by atoms with Crippen LogP contribution in [0, 0.1) is 17.0 Å². The zero-order valence-corrected chi connectivity index (χ0v) is 8.69. The van der Waals surface area contributed by atoms with E-state index in [9.17, 15) is 28.1 Å². The summed E-state index contributed by atoms with van der Waals surface area (Å²) in [5, 5.41) is 19.1. The van der Waals surface area contributed by atoms with E-state index >= 15 is 0 Å². The van der Waals surface area contributed by atoms with E-state index in [1.165, 1.54) is 0 Å². The molecule has 0 unspecified atom stereocenters. The predicted octanol–water partition coefficient (Wildman–Crippen LogP) is 1.90. The summed E-state index contributed by atoms with van der Waals surface area (Å²) < 4.78 is 39.4. The number of aromatic carboxylic acids is 1. The third-order valence-electron chi connectivity index (χ3n) is 1.76. The number of pyridine rings is 1. The van der Waals surface area contributed by atoms with Crippen molar-refractivity contribution in [3.8, 4) is 5.75 Å². The monoisotopic (exact) mass is 266 g/mol. The van der Waals surface area contributed by atoms with E-state index in [1.807, 2.05) is 0 Å². The number of carboxylic acids is 1. The molecule has 1 aromatic rings. The molecule has 0 saturated heterocycles. The number of hydrogen-bond donors (Lipinski definition) is 1. The second kappa shape index (κ2) is 4.47. The van der Waals surface area contributed by atoms with Gasteiger partial charge in [-0.05, 0) is 22.9 Å². The van der Waals surface area contributed by atoms with Crippen molar-refractivity contribution in [3.05, 3.63) is 27.4 Å². The molecule has 0 amide bonds. The molecule has 0 aliphatic carbocycles. The van der Waals surface area contributed by atoms with Crippen molar-refractivity contribution >= 4 is 11.8 Å². The number of rotatable bonds is 3. The van der Waals surface area contributed by atoms with Gasteiger partial charge in [-0.15, -0.1) is 13.2 Å². The predicted molar refractivity (Wildman–Crippen MR) is 49.3 cm³/mol. The van der Waals surface area contributed by atoms with E-state index in [4.69, 9.17) is 5.11 Å². The molecular formula is C8H5F3N2O5. The summed E-state index contributed by atoms with van der Waals surface area (Å²) in [4.78, 5) is 22.9. The normalized spacial score (nSPS) is 11.1. The van der Waals surface area contributed by atoms with Crippen molar-refractivity contribution in [2.24, 2.45) is 0 Å². The van der Waals surface area contributed by atoms with E-state index in [-0.39, 0.29) is 5.56 Å². The molecular weight excluding hydrogens is 261 g/mol. The highest BCUT2D eigenvalue weighted by Crippen LogP contribution is 2.31. The van der Waals surface area contributed by atoms with Crippen molar-refractivity contribution in [3.63, 3.8) is 0 Å². The molecule has 0 atom stereocenters. The molecule has 1 heterocycles. The Labute approximate surface area is 97.0 Å². The first-order valence-corrected chi connectivity index (χ1v) is 4.27. The number of nitro groups is 1. The maximum absolute atomic E-state index is 12.0. The number of aromatic nitrogens is 1. The standard InChI is InChI=1S/C8H5F3N2O5/c1-3-2-4(18-8(9,10)11)6(13(16)17)12-5(3)7(14)15/h2H,1H3,(H,14,15). The zero-order valence-electron chi connectivity index (χ0n) is 8.69. The molecule has 10 heteroatoms. The van der Waals surface area contributed by atoms with Crippen molar-refractivity contribution in [2.45, 2.75) is 13.3 Å². The van der Waals surface area contributed by atoms with Crippen LogP contribution in [0.1, 0.15) is 16.1 Å². The number of nitrogens with zero attached hydrogens (tertiary/aromatic N) is 2. The van der Waals surface area contributed by atoms with Crippen LogP contribution in [-0.2, 0) is 0 Å². The van der Waals surface area contributed by atoms with Gasteiger partial charge in [0.05, 0.1) is 0 Å². The molecule has 0 saturated carbocycles. The van der Waals surface area contributed by atoms with Gasteiger partial charge in [0.2, 0.25) is 5.75 Å². The van der Waals surface area contributed by atoms with Crippen LogP contribution in [0.2, 0.25) is 0 Å². The number of hydrogen-bond acceptors (Lipinski definition) is 5. The van der Waals surface area contributed by atoms with E-state index in [0.29, 0.717) is 6.07 Å². The van der Waals surface area contributed by atoms with Crippen LogP contribution in [-0.4, -0.2) is 27.3 Å². The van der Waals surface area contributed by atoms with E-state index in [2.05, 4.69) is 9.72 Å². The van der Waals surface area contributed by atoms with Gasteiger partial charge < -0.3 is 20.0 Å². The second-order valence-corrected chi connectivity index (χ2v) is 3.09. The minimum absolute atomic E-state index is 0.188. The van der Waals surface area contributed by atoms with Gasteiger partial charge in [0.25, 0.3) is 5.69 Å². The fourth-order valence-electron chi connectivity index (χ4n) is 1.13. The van der Waals surface area contributed by atoms with Crippen molar-refractivity contribution in [1.82, 2.24) is 4.98 Å². The summed E-state index contributed by atoms with van der Waals surface area (Å²) in [6, 6.07) is 0.599. The lowest BCUT2D eigenvalue weighted by Gasteiger charge is -2.09. The smallest absolute Gasteiger partial charge is 0.475 e. The van der Waals surface area contributed by atoms with Gasteiger partial charge in [-0.2, -0.15) is 0 Å². The summed E-state index contributed by atoms with van der Waals surface area (Å²) in [5.41, 5.74) is -0.899. The molecule has 98 valence electrons. The Kier molecular flexibility index (Phi) is 3.39. The molecule has 1 aromatic heterocycles. The van der Waals surface area contributed by atoms with Gasteiger partial charge >= 0.3 is 18.1 Å². The van der Waals surface area contributed by atoms with Crippen molar-refractivity contribution in [2.75, 3.05) is 0 Å². The SMILES string of the molecule is Cc1cc(OC(F)(F)F)c([N+](=O)[O-])nc1C(=O)O. The third kappa shape index (κ3) is 3.06. The van der Waals surface area contributed by atoms with E-state index in [0.717, 1.165) is 6.92 Å². The molecule has 0 radical (unpaired) electrons. The molecule has 0 aliphatic rings. The van der Waals surface area contributed by atoms with Gasteiger partial charge in [0.15, 0.2) is 0 Å². The van der Waals surface area contributed by atoms with E-state index in [1.54, 1.807) is 0 Å². The highest BCUT2D eigenvalue weighted by Gasteiger charge is 2.36. The van der Waals surface area contributed by atoms with Crippen LogP contribution in [0.25, 0.3) is 0 Å². The average Bonchev–Trinajstić information content (AvgIpc) is 2.13. The zero-order chi connectivity index (χ0) is 14.1. The number of halogens is 3. The summed E-state index contributed by atoms with van der Waals surface area (Å²) >= 11 is 0. The molecule has 1 N–H and O–H groups in total. The fourth-order valence-corrected chi connectivity index (χ4v) is 1.13. The third-order valence-corrected chi connectivity index (χ3v) is 1.76. The molecule has 0 spiro atoms. The van der Waals surface area contributed by atoms with Crippen LogP contribution in [0.3, 0.4) is 0 Å². The lowest BCUT2D eigenvalue weighted by atomic mass is 10.2. The summed E-state index contributed by atoms with van der Waals surface area (Å²) in [7, 11) is 0. The minimum atomic E-state index is -5.14. The molecule has 0 fully saturated rings. The van der Waals surface area contributed by atoms with Gasteiger partial charge in [-0.1, -0.05) is 0 Å². The quantitative estimate of drug-likeness (QED) is 0.662. The Morgan fingerprint density at radius 1 is 1.56 bits per heavy atom. The van der Waals surface area contributed by atoms with Crippen LogP contribution in [0.15, 0.2) is 6.07 Å². The van der Waals surface area contributed by atoms with Crippen LogP contribution in [0.4, 0.5) is 19.0 Å². The number of carbonyl (C=O) groups is 1. The Morgan fingerprint density at radius 2 is 2.11 bits per heavy atom. The van der Waals surface area contributed by atoms with Gasteiger partial charge in [0, 0.05) is 5.56 Å². The fraction of sp³-hybridized carbons (Fsp3) is 0.250. The molecule has 0 aliphatic heterocycles. The highest BCUT2D eigenvalue weighted by molar-refractivity contribution is 5.87. The first-order chi connectivity index (χ1) is 8.11. The van der Waals surface area contributed by atoms with Crippen LogP contribution < -0.4 is 4.74 Å². The van der Waals surface area contributed by atoms with Gasteiger partial charge in [0.1, 0.15) is 0 Å². The Bertz CT molecular complexity index is 514. The first-order valence-electron chi connectivity index (χ1n) is 4.27. The summed E-state index contributed by atoms with van der Waals surface area (Å²) in [6.45, 7) is 1.14. The lowest BCUT2D eigenvalue weighted by Crippen LogP contribution is -2.19. The largest absolute Gasteiger partial charge is 0.573 e. The Balaban J connectivity index is 3.38. The van der Waals surface area contributed by atoms with Crippen LogP contribution in [0.5, 0.6) is 5.75 Å².